The van der Waals surface area contributed by atoms with Crippen molar-refractivity contribution in [2.75, 3.05) is 0 Å². The zero-order valence-electron chi connectivity index (χ0n) is 40.0. The fourth-order valence-corrected chi connectivity index (χ4v) is 13.5. The van der Waals surface area contributed by atoms with Crippen molar-refractivity contribution < 1.29 is 0 Å². The Morgan fingerprint density at radius 1 is 0.270 bits per heavy atom. The Balaban J connectivity index is 1.10. The number of hydrogen-bond acceptors (Lipinski definition) is 2. The molecule has 0 spiro atoms. The summed E-state index contributed by atoms with van der Waals surface area (Å²) in [6, 6.07) is 96.7. The first kappa shape index (κ1) is 41.8. The molecular weight excluding hydrogens is 897 g/mol. The molecule has 4 nitrogen and oxygen atoms in total. The molecule has 0 aliphatic heterocycles. The molecule has 0 N–H and O–H groups in total. The van der Waals surface area contributed by atoms with E-state index in [9.17, 15) is 10.5 Å². The van der Waals surface area contributed by atoms with E-state index in [2.05, 4.69) is 264 Å². The molecule has 2 aromatic heterocycles. The van der Waals surface area contributed by atoms with Crippen molar-refractivity contribution in [1.29, 1.82) is 10.5 Å². The maximum Gasteiger partial charge on any atom is 0.101 e. The van der Waals surface area contributed by atoms with Crippen molar-refractivity contribution in [3.8, 4) is 45.8 Å². The van der Waals surface area contributed by atoms with Gasteiger partial charge < -0.3 is 9.13 Å². The van der Waals surface area contributed by atoms with Gasteiger partial charge in [0.2, 0.25) is 0 Å². The van der Waals surface area contributed by atoms with Gasteiger partial charge in [0, 0.05) is 21.5 Å². The lowest BCUT2D eigenvalue weighted by Gasteiger charge is -2.34. The van der Waals surface area contributed by atoms with Gasteiger partial charge in [-0.05, 0) is 115 Å². The molecule has 0 atom stereocenters. The fraction of sp³-hybridized carbons (Fsp3) is 0.0286. The number of benzene rings is 11. The van der Waals surface area contributed by atoms with Crippen LogP contribution in [0.4, 0.5) is 0 Å². The Hall–Kier alpha value is -10.0. The Morgan fingerprint density at radius 2 is 0.595 bits per heavy atom. The topological polar surface area (TPSA) is 57.4 Å². The van der Waals surface area contributed by atoms with Crippen molar-refractivity contribution in [2.24, 2.45) is 0 Å². The summed E-state index contributed by atoms with van der Waals surface area (Å²) in [6.45, 7) is 0. The van der Waals surface area contributed by atoms with Crippen LogP contribution in [0.3, 0.4) is 0 Å². The third-order valence-electron chi connectivity index (χ3n) is 16.3. The number of nitriles is 2. The van der Waals surface area contributed by atoms with Gasteiger partial charge in [-0.15, -0.1) is 0 Å². The normalized spacial score (nSPS) is 13.6. The van der Waals surface area contributed by atoms with E-state index in [0.717, 1.165) is 54.7 Å². The second-order valence-corrected chi connectivity index (χ2v) is 19.7. The minimum absolute atomic E-state index is 0.463. The van der Waals surface area contributed by atoms with Crippen LogP contribution in [-0.2, 0) is 10.8 Å². The summed E-state index contributed by atoms with van der Waals surface area (Å²) in [5.41, 5.74) is 18.9. The Bertz CT molecular complexity index is 4180. The lowest BCUT2D eigenvalue weighted by Crippen LogP contribution is -2.28. The molecule has 0 bridgehead atoms. The van der Waals surface area contributed by atoms with Crippen LogP contribution in [0, 0.1) is 22.7 Å². The monoisotopic (exact) mass is 938 g/mol. The molecule has 4 heteroatoms. The quantitative estimate of drug-likeness (QED) is 0.167. The van der Waals surface area contributed by atoms with Crippen molar-refractivity contribution in [3.05, 3.63) is 310 Å². The second kappa shape index (κ2) is 15.7. The molecule has 0 saturated carbocycles. The summed E-state index contributed by atoms with van der Waals surface area (Å²) < 4.78 is 4.57. The van der Waals surface area contributed by atoms with E-state index in [0.29, 0.717) is 22.5 Å². The van der Waals surface area contributed by atoms with Gasteiger partial charge in [0.1, 0.15) is 12.1 Å². The zero-order chi connectivity index (χ0) is 49.1. The predicted molar refractivity (Wildman–Crippen MR) is 299 cm³/mol. The summed E-state index contributed by atoms with van der Waals surface area (Å²) >= 11 is 0. The van der Waals surface area contributed by atoms with Gasteiger partial charge in [0.05, 0.1) is 55.4 Å². The third kappa shape index (κ3) is 5.38. The summed E-state index contributed by atoms with van der Waals surface area (Å²) in [6.07, 6.45) is 0. The maximum absolute atomic E-state index is 11.5. The third-order valence-corrected chi connectivity index (χ3v) is 16.3. The Kier molecular flexibility index (Phi) is 8.89. The van der Waals surface area contributed by atoms with E-state index in [1.54, 1.807) is 0 Å². The van der Waals surface area contributed by atoms with Crippen molar-refractivity contribution in [2.45, 2.75) is 10.8 Å². The lowest BCUT2D eigenvalue weighted by atomic mass is 9.67. The van der Waals surface area contributed by atoms with Crippen molar-refractivity contribution >= 4 is 43.6 Å². The van der Waals surface area contributed by atoms with Gasteiger partial charge in [-0.1, -0.05) is 206 Å². The highest BCUT2D eigenvalue weighted by Gasteiger charge is 2.48. The second-order valence-electron chi connectivity index (χ2n) is 19.7. The number of hydrogen-bond donors (Lipinski definition) is 0. The van der Waals surface area contributed by atoms with E-state index < -0.39 is 10.8 Å². The van der Waals surface area contributed by atoms with E-state index in [1.165, 1.54) is 55.6 Å². The first-order chi connectivity index (χ1) is 36.7. The smallest absolute Gasteiger partial charge is 0.101 e. The van der Waals surface area contributed by atoms with Crippen LogP contribution in [0.2, 0.25) is 0 Å². The lowest BCUT2D eigenvalue weighted by molar-refractivity contribution is 0.769. The molecule has 74 heavy (non-hydrogen) atoms. The molecule has 2 aliphatic carbocycles. The van der Waals surface area contributed by atoms with E-state index in [-0.39, 0.29) is 0 Å². The summed E-state index contributed by atoms with van der Waals surface area (Å²) in [5.74, 6) is 0. The van der Waals surface area contributed by atoms with E-state index >= 15 is 0 Å². The average Bonchev–Trinajstić information content (AvgIpc) is 4.27. The van der Waals surface area contributed by atoms with Gasteiger partial charge in [-0.25, -0.2) is 0 Å². The van der Waals surface area contributed by atoms with E-state index in [1.807, 2.05) is 12.1 Å². The van der Waals surface area contributed by atoms with Gasteiger partial charge in [0.25, 0.3) is 0 Å². The minimum atomic E-state index is -0.659. The fourth-order valence-electron chi connectivity index (χ4n) is 13.5. The number of nitrogens with zero attached hydrogens (tertiary/aromatic N) is 4. The SMILES string of the molecule is N#Cc1ccc(C#N)c(-n2c3ccccc3c3cc4c(cc32)C(c2ccccc2)(c2ccccc2)c2ccccc2-4)c1-n1c2ccccc2c2cc3c(cc21)C(c1ccccc1)(c1ccccc1)c1ccccc1-3. The number of rotatable bonds is 6. The number of aromatic nitrogens is 2. The van der Waals surface area contributed by atoms with E-state index in [4.69, 9.17) is 0 Å². The van der Waals surface area contributed by atoms with Crippen LogP contribution in [-0.4, -0.2) is 9.13 Å². The largest absolute Gasteiger partial charge is 0.306 e. The highest BCUT2D eigenvalue weighted by Crippen LogP contribution is 2.59. The molecule has 342 valence electrons. The van der Waals surface area contributed by atoms with Crippen LogP contribution in [0.25, 0.3) is 77.2 Å². The van der Waals surface area contributed by atoms with Crippen LogP contribution in [0.1, 0.15) is 55.6 Å². The molecule has 0 amide bonds. The molecular formula is C70H42N4. The molecule has 0 saturated heterocycles. The number of fused-ring (bicyclic) bond motifs is 12. The van der Waals surface area contributed by atoms with Crippen molar-refractivity contribution in [3.63, 3.8) is 0 Å². The molecule has 2 aliphatic rings. The maximum atomic E-state index is 11.5. The zero-order valence-corrected chi connectivity index (χ0v) is 40.0. The summed E-state index contributed by atoms with van der Waals surface area (Å²) in [4.78, 5) is 0. The summed E-state index contributed by atoms with van der Waals surface area (Å²) in [5, 5.41) is 27.3. The molecule has 0 unspecified atom stereocenters. The molecule has 2 heterocycles. The minimum Gasteiger partial charge on any atom is -0.306 e. The Morgan fingerprint density at radius 3 is 0.959 bits per heavy atom. The Labute approximate surface area is 428 Å². The molecule has 0 radical (unpaired) electrons. The molecule has 13 aromatic rings. The van der Waals surface area contributed by atoms with Gasteiger partial charge in [-0.3, -0.25) is 0 Å². The van der Waals surface area contributed by atoms with Crippen LogP contribution < -0.4 is 0 Å². The molecule has 15 rings (SSSR count). The first-order valence-corrected chi connectivity index (χ1v) is 25.2. The highest BCUT2D eigenvalue weighted by molar-refractivity contribution is 6.15. The van der Waals surface area contributed by atoms with Crippen molar-refractivity contribution in [1.82, 2.24) is 9.13 Å². The molecule has 0 fully saturated rings. The van der Waals surface area contributed by atoms with Crippen LogP contribution in [0.15, 0.2) is 255 Å². The van der Waals surface area contributed by atoms with Crippen LogP contribution >= 0.6 is 0 Å². The molecule has 11 aromatic carbocycles. The highest BCUT2D eigenvalue weighted by atomic mass is 15.1. The van der Waals surface area contributed by atoms with Gasteiger partial charge >= 0.3 is 0 Å². The standard InChI is InChI=1S/C70H42N4/c71-43-45-37-38-46(44-72)68(74-64-36-20-16-32-54(64)58-40-56-52-30-14-18-34-60(52)70(62(56)42-66(58)74,49-25-9-3-10-26-49)50-27-11-4-12-28-50)67(45)73-63-35-19-15-31-53(63)57-39-55-51-29-13-17-33-59(51)69(61(55)41-65(57)73,47-21-5-1-6-22-47)48-23-7-2-8-24-48/h1-42H. The van der Waals surface area contributed by atoms with Gasteiger partial charge in [-0.2, -0.15) is 10.5 Å². The number of para-hydroxylation sites is 2. The first-order valence-electron chi connectivity index (χ1n) is 25.2. The van der Waals surface area contributed by atoms with Gasteiger partial charge in [0.15, 0.2) is 0 Å². The summed E-state index contributed by atoms with van der Waals surface area (Å²) in [7, 11) is 0. The predicted octanol–water partition coefficient (Wildman–Crippen LogP) is 16.4. The van der Waals surface area contributed by atoms with Crippen LogP contribution in [0.5, 0.6) is 0 Å². The average molecular weight is 939 g/mol.